The summed E-state index contributed by atoms with van der Waals surface area (Å²) in [5.41, 5.74) is 3.49. The summed E-state index contributed by atoms with van der Waals surface area (Å²) in [5, 5.41) is 14.6. The van der Waals surface area contributed by atoms with E-state index < -0.39 is 6.10 Å². The van der Waals surface area contributed by atoms with E-state index in [-0.39, 0.29) is 0 Å². The van der Waals surface area contributed by atoms with Crippen LogP contribution in [0.3, 0.4) is 0 Å². The molecule has 0 saturated heterocycles. The van der Waals surface area contributed by atoms with Gasteiger partial charge in [0.1, 0.15) is 6.10 Å². The van der Waals surface area contributed by atoms with E-state index >= 15 is 0 Å². The highest BCUT2D eigenvalue weighted by atomic mass is 16.3. The fourth-order valence-corrected chi connectivity index (χ4v) is 2.04. The molecule has 2 aromatic rings. The van der Waals surface area contributed by atoms with E-state index in [2.05, 4.69) is 17.0 Å². The molecule has 0 aromatic carbocycles. The predicted octanol–water partition coefficient (Wildman–Crippen LogP) is 2.39. The second-order valence-electron chi connectivity index (χ2n) is 4.57. The molecular formula is C14H19N3O. The second kappa shape index (κ2) is 5.31. The standard InChI is InChI=1S/C14H19N3O/c1-4-7-17-9-12(8-15-17)14(18)13-6-5-10(2)16-11(13)3/h5-6,8-9,14,18H,4,7H2,1-3H3. The summed E-state index contributed by atoms with van der Waals surface area (Å²) < 4.78 is 1.86. The molecule has 4 nitrogen and oxygen atoms in total. The topological polar surface area (TPSA) is 50.9 Å². The first kappa shape index (κ1) is 12.8. The fraction of sp³-hybridized carbons (Fsp3) is 0.429. The highest BCUT2D eigenvalue weighted by Crippen LogP contribution is 2.23. The number of rotatable bonds is 4. The Morgan fingerprint density at radius 3 is 2.78 bits per heavy atom. The molecule has 2 aromatic heterocycles. The molecule has 0 aliphatic heterocycles. The Kier molecular flexibility index (Phi) is 3.77. The van der Waals surface area contributed by atoms with Crippen molar-refractivity contribution in [2.24, 2.45) is 0 Å². The van der Waals surface area contributed by atoms with Crippen molar-refractivity contribution in [3.8, 4) is 0 Å². The Morgan fingerprint density at radius 1 is 1.33 bits per heavy atom. The van der Waals surface area contributed by atoms with Gasteiger partial charge in [0.15, 0.2) is 0 Å². The van der Waals surface area contributed by atoms with Gasteiger partial charge in [-0.3, -0.25) is 9.67 Å². The Labute approximate surface area is 107 Å². The molecule has 0 amide bonds. The maximum Gasteiger partial charge on any atom is 0.109 e. The minimum absolute atomic E-state index is 0.649. The Hall–Kier alpha value is -1.68. The van der Waals surface area contributed by atoms with E-state index in [4.69, 9.17) is 0 Å². The van der Waals surface area contributed by atoms with Gasteiger partial charge in [-0.15, -0.1) is 0 Å². The number of aliphatic hydroxyl groups is 1. The molecule has 18 heavy (non-hydrogen) atoms. The molecule has 0 radical (unpaired) electrons. The maximum absolute atomic E-state index is 10.4. The zero-order chi connectivity index (χ0) is 13.1. The number of pyridine rings is 1. The van der Waals surface area contributed by atoms with Crippen LogP contribution in [0, 0.1) is 13.8 Å². The first-order valence-electron chi connectivity index (χ1n) is 6.26. The molecule has 1 N–H and O–H groups in total. The van der Waals surface area contributed by atoms with Crippen molar-refractivity contribution < 1.29 is 5.11 Å². The lowest BCUT2D eigenvalue weighted by atomic mass is 10.0. The molecule has 0 saturated carbocycles. The third kappa shape index (κ3) is 2.59. The Morgan fingerprint density at radius 2 is 2.11 bits per heavy atom. The monoisotopic (exact) mass is 245 g/mol. The van der Waals surface area contributed by atoms with E-state index in [1.165, 1.54) is 0 Å². The molecule has 96 valence electrons. The molecule has 4 heteroatoms. The number of hydrogen-bond acceptors (Lipinski definition) is 3. The Bertz CT molecular complexity index is 534. The number of aromatic nitrogens is 3. The summed E-state index contributed by atoms with van der Waals surface area (Å²) in [7, 11) is 0. The van der Waals surface area contributed by atoms with Crippen LogP contribution in [0.1, 0.15) is 42.0 Å². The number of hydrogen-bond donors (Lipinski definition) is 1. The van der Waals surface area contributed by atoms with Crippen molar-refractivity contribution in [3.05, 3.63) is 47.0 Å². The smallest absolute Gasteiger partial charge is 0.109 e. The van der Waals surface area contributed by atoms with Gasteiger partial charge in [0.05, 0.1) is 6.20 Å². The fourth-order valence-electron chi connectivity index (χ4n) is 2.04. The van der Waals surface area contributed by atoms with Crippen molar-refractivity contribution >= 4 is 0 Å². The number of nitrogens with zero attached hydrogens (tertiary/aromatic N) is 3. The van der Waals surface area contributed by atoms with E-state index in [0.29, 0.717) is 0 Å². The molecular weight excluding hydrogens is 226 g/mol. The molecule has 1 unspecified atom stereocenters. The summed E-state index contributed by atoms with van der Waals surface area (Å²) in [5.74, 6) is 0. The summed E-state index contributed by atoms with van der Waals surface area (Å²) in [6.45, 7) is 6.84. The summed E-state index contributed by atoms with van der Waals surface area (Å²) in [6.07, 6.45) is 4.00. The van der Waals surface area contributed by atoms with Gasteiger partial charge in [-0.1, -0.05) is 13.0 Å². The highest BCUT2D eigenvalue weighted by Gasteiger charge is 2.15. The third-order valence-electron chi connectivity index (χ3n) is 2.98. The SMILES string of the molecule is CCCn1cc(C(O)c2ccc(C)nc2C)cn1. The van der Waals surface area contributed by atoms with Crippen molar-refractivity contribution in [1.29, 1.82) is 0 Å². The van der Waals surface area contributed by atoms with Gasteiger partial charge in [0, 0.05) is 35.3 Å². The van der Waals surface area contributed by atoms with Gasteiger partial charge in [0.25, 0.3) is 0 Å². The molecule has 0 fully saturated rings. The van der Waals surface area contributed by atoms with Gasteiger partial charge in [-0.05, 0) is 26.3 Å². The first-order valence-corrected chi connectivity index (χ1v) is 6.26. The third-order valence-corrected chi connectivity index (χ3v) is 2.98. The van der Waals surface area contributed by atoms with Gasteiger partial charge < -0.3 is 5.11 Å². The normalized spacial score (nSPS) is 12.7. The van der Waals surface area contributed by atoms with E-state index in [0.717, 1.165) is 35.5 Å². The van der Waals surface area contributed by atoms with Crippen LogP contribution >= 0.6 is 0 Å². The summed E-state index contributed by atoms with van der Waals surface area (Å²) in [4.78, 5) is 4.38. The number of aryl methyl sites for hydroxylation is 3. The molecule has 2 rings (SSSR count). The maximum atomic E-state index is 10.4. The lowest BCUT2D eigenvalue weighted by molar-refractivity contribution is 0.219. The average Bonchev–Trinajstić information content (AvgIpc) is 2.77. The van der Waals surface area contributed by atoms with Crippen molar-refractivity contribution in [1.82, 2.24) is 14.8 Å². The van der Waals surface area contributed by atoms with Crippen LogP contribution < -0.4 is 0 Å². The first-order chi connectivity index (χ1) is 8.61. The number of aliphatic hydroxyl groups excluding tert-OH is 1. The minimum Gasteiger partial charge on any atom is -0.383 e. The van der Waals surface area contributed by atoms with Crippen molar-refractivity contribution in [3.63, 3.8) is 0 Å². The van der Waals surface area contributed by atoms with Gasteiger partial charge >= 0.3 is 0 Å². The lowest BCUT2D eigenvalue weighted by Crippen LogP contribution is -2.03. The largest absolute Gasteiger partial charge is 0.383 e. The van der Waals surface area contributed by atoms with Crippen LogP contribution in [0.25, 0.3) is 0 Å². The molecule has 0 bridgehead atoms. The Balaban J connectivity index is 2.26. The molecule has 2 heterocycles. The van der Waals surface area contributed by atoms with Crippen LogP contribution in [0.15, 0.2) is 24.5 Å². The lowest BCUT2D eigenvalue weighted by Gasteiger charge is -2.11. The van der Waals surface area contributed by atoms with Crippen LogP contribution in [0.2, 0.25) is 0 Å². The van der Waals surface area contributed by atoms with Crippen LogP contribution in [-0.4, -0.2) is 19.9 Å². The van der Waals surface area contributed by atoms with Crippen molar-refractivity contribution in [2.45, 2.75) is 39.8 Å². The molecule has 0 aliphatic carbocycles. The summed E-state index contributed by atoms with van der Waals surface area (Å²) in [6, 6.07) is 3.85. The molecule has 0 spiro atoms. The zero-order valence-electron chi connectivity index (χ0n) is 11.1. The van der Waals surface area contributed by atoms with E-state index in [1.807, 2.05) is 36.9 Å². The van der Waals surface area contributed by atoms with Gasteiger partial charge in [-0.2, -0.15) is 5.10 Å². The van der Waals surface area contributed by atoms with Crippen LogP contribution in [0.4, 0.5) is 0 Å². The molecule has 1 atom stereocenters. The van der Waals surface area contributed by atoms with E-state index in [1.54, 1.807) is 6.20 Å². The highest BCUT2D eigenvalue weighted by molar-refractivity contribution is 5.30. The van der Waals surface area contributed by atoms with Crippen LogP contribution in [-0.2, 0) is 6.54 Å². The minimum atomic E-state index is -0.649. The van der Waals surface area contributed by atoms with E-state index in [9.17, 15) is 5.11 Å². The average molecular weight is 245 g/mol. The molecule has 0 aliphatic rings. The second-order valence-corrected chi connectivity index (χ2v) is 4.57. The van der Waals surface area contributed by atoms with Crippen LogP contribution in [0.5, 0.6) is 0 Å². The van der Waals surface area contributed by atoms with Crippen molar-refractivity contribution in [2.75, 3.05) is 0 Å². The van der Waals surface area contributed by atoms with Gasteiger partial charge in [-0.25, -0.2) is 0 Å². The predicted molar refractivity (Wildman–Crippen MR) is 70.3 cm³/mol. The van der Waals surface area contributed by atoms with Gasteiger partial charge in [0.2, 0.25) is 0 Å². The zero-order valence-corrected chi connectivity index (χ0v) is 11.1. The quantitative estimate of drug-likeness (QED) is 0.899. The summed E-state index contributed by atoms with van der Waals surface area (Å²) >= 11 is 0.